The number of benzene rings is 1. The maximum absolute atomic E-state index is 13.0. The number of halogens is 1. The first-order valence-electron chi connectivity index (χ1n) is 7.36. The second-order valence-corrected chi connectivity index (χ2v) is 5.57. The number of carbonyl (C=O) groups is 2. The highest BCUT2D eigenvalue weighted by atomic mass is 19.1. The quantitative estimate of drug-likeness (QED) is 0.850. The fourth-order valence-electron chi connectivity index (χ4n) is 2.33. The van der Waals surface area contributed by atoms with Gasteiger partial charge in [-0.25, -0.2) is 9.18 Å². The van der Waals surface area contributed by atoms with E-state index in [1.165, 1.54) is 30.3 Å². The van der Waals surface area contributed by atoms with Crippen molar-refractivity contribution in [2.75, 3.05) is 0 Å². The number of nitrogens with one attached hydrogen (secondary N) is 1. The lowest BCUT2D eigenvalue weighted by Crippen LogP contribution is -2.43. The molecule has 124 valence electrons. The van der Waals surface area contributed by atoms with E-state index in [-0.39, 0.29) is 11.6 Å². The molecule has 2 aromatic rings. The minimum Gasteiger partial charge on any atom is -0.480 e. The molecule has 2 N–H and O–H groups in total. The number of amides is 1. The topological polar surface area (TPSA) is 101 Å². The number of aromatic nitrogens is 2. The molecule has 0 radical (unpaired) electrons. The van der Waals surface area contributed by atoms with Gasteiger partial charge in [0.25, 0.3) is 11.5 Å². The number of carboxylic acids is 1. The molecule has 1 heterocycles. The number of carboxylic acid groups (broad SMARTS) is 1. The SMILES string of the molecule is O=C(NC(C(=O)O)C1CC1)c1ccc(=O)n(-c2ccc(F)cc2)n1. The summed E-state index contributed by atoms with van der Waals surface area (Å²) in [7, 11) is 0. The molecule has 1 aliphatic rings. The molecule has 7 nitrogen and oxygen atoms in total. The van der Waals surface area contributed by atoms with Crippen LogP contribution in [0.5, 0.6) is 0 Å². The average molecular weight is 331 g/mol. The molecule has 8 heteroatoms. The zero-order chi connectivity index (χ0) is 17.3. The summed E-state index contributed by atoms with van der Waals surface area (Å²) in [5, 5.41) is 15.5. The predicted octanol–water partition coefficient (Wildman–Crippen LogP) is 0.965. The van der Waals surface area contributed by atoms with Crippen molar-refractivity contribution < 1.29 is 19.1 Å². The van der Waals surface area contributed by atoms with Gasteiger partial charge in [0.1, 0.15) is 17.6 Å². The minimum absolute atomic E-state index is 0.0746. The molecule has 0 bridgehead atoms. The number of hydrogen-bond acceptors (Lipinski definition) is 4. The zero-order valence-electron chi connectivity index (χ0n) is 12.5. The fourth-order valence-corrected chi connectivity index (χ4v) is 2.33. The van der Waals surface area contributed by atoms with E-state index < -0.39 is 29.3 Å². The van der Waals surface area contributed by atoms with Crippen molar-refractivity contribution in [3.05, 3.63) is 58.3 Å². The zero-order valence-corrected chi connectivity index (χ0v) is 12.5. The van der Waals surface area contributed by atoms with Gasteiger partial charge in [-0.3, -0.25) is 9.59 Å². The molecule has 1 aliphatic carbocycles. The maximum Gasteiger partial charge on any atom is 0.326 e. The van der Waals surface area contributed by atoms with Crippen LogP contribution in [0, 0.1) is 11.7 Å². The van der Waals surface area contributed by atoms with Crippen molar-refractivity contribution in [2.45, 2.75) is 18.9 Å². The molecule has 0 spiro atoms. The molecule has 1 saturated carbocycles. The first-order valence-corrected chi connectivity index (χ1v) is 7.36. The maximum atomic E-state index is 13.0. The highest BCUT2D eigenvalue weighted by molar-refractivity contribution is 5.95. The second kappa shape index (κ2) is 6.23. The molecule has 1 aromatic carbocycles. The van der Waals surface area contributed by atoms with Crippen LogP contribution < -0.4 is 10.9 Å². The molecule has 0 aliphatic heterocycles. The largest absolute Gasteiger partial charge is 0.480 e. The summed E-state index contributed by atoms with van der Waals surface area (Å²) >= 11 is 0. The van der Waals surface area contributed by atoms with Crippen LogP contribution in [0.3, 0.4) is 0 Å². The Kier molecular flexibility index (Phi) is 4.11. The van der Waals surface area contributed by atoms with Crippen LogP contribution in [-0.4, -0.2) is 32.8 Å². The highest BCUT2D eigenvalue weighted by Gasteiger charge is 2.37. The van der Waals surface area contributed by atoms with Gasteiger partial charge >= 0.3 is 5.97 Å². The smallest absolute Gasteiger partial charge is 0.326 e. The van der Waals surface area contributed by atoms with E-state index >= 15 is 0 Å². The monoisotopic (exact) mass is 331 g/mol. The summed E-state index contributed by atoms with van der Waals surface area (Å²) in [6.45, 7) is 0. The van der Waals surface area contributed by atoms with Crippen molar-refractivity contribution in [1.82, 2.24) is 15.1 Å². The van der Waals surface area contributed by atoms with Gasteiger partial charge in [0.15, 0.2) is 0 Å². The average Bonchev–Trinajstić information content (AvgIpc) is 3.38. The molecule has 1 unspecified atom stereocenters. The Morgan fingerprint density at radius 2 is 1.88 bits per heavy atom. The van der Waals surface area contributed by atoms with Crippen LogP contribution in [0.1, 0.15) is 23.3 Å². The van der Waals surface area contributed by atoms with Crippen molar-refractivity contribution in [2.24, 2.45) is 5.92 Å². The van der Waals surface area contributed by atoms with Gasteiger partial charge in [-0.05, 0) is 49.1 Å². The molecule has 1 aromatic heterocycles. The third-order valence-corrected chi connectivity index (χ3v) is 3.75. The third-order valence-electron chi connectivity index (χ3n) is 3.75. The van der Waals surface area contributed by atoms with Crippen LogP contribution in [0.25, 0.3) is 5.69 Å². The van der Waals surface area contributed by atoms with Gasteiger partial charge in [-0.15, -0.1) is 0 Å². The van der Waals surface area contributed by atoms with E-state index in [1.54, 1.807) is 0 Å². The van der Waals surface area contributed by atoms with Gasteiger partial charge < -0.3 is 10.4 Å². The molecule has 1 amide bonds. The molecule has 24 heavy (non-hydrogen) atoms. The van der Waals surface area contributed by atoms with Crippen LogP contribution >= 0.6 is 0 Å². The Hall–Kier alpha value is -3.03. The summed E-state index contributed by atoms with van der Waals surface area (Å²) in [5.74, 6) is -2.31. The van der Waals surface area contributed by atoms with E-state index in [0.29, 0.717) is 5.69 Å². The number of carbonyl (C=O) groups excluding carboxylic acids is 1. The van der Waals surface area contributed by atoms with Crippen LogP contribution in [0.2, 0.25) is 0 Å². The summed E-state index contributed by atoms with van der Waals surface area (Å²) in [6.07, 6.45) is 1.50. The predicted molar refractivity (Wildman–Crippen MR) is 81.4 cm³/mol. The van der Waals surface area contributed by atoms with Crippen molar-refractivity contribution in [3.63, 3.8) is 0 Å². The summed E-state index contributed by atoms with van der Waals surface area (Å²) < 4.78 is 13.9. The molecule has 3 rings (SSSR count). The molecular weight excluding hydrogens is 317 g/mol. The normalized spacial score (nSPS) is 14.9. The van der Waals surface area contributed by atoms with E-state index in [4.69, 9.17) is 5.11 Å². The number of nitrogens with zero attached hydrogens (tertiary/aromatic N) is 2. The number of hydrogen-bond donors (Lipinski definition) is 2. The van der Waals surface area contributed by atoms with E-state index in [2.05, 4.69) is 10.4 Å². The van der Waals surface area contributed by atoms with Crippen molar-refractivity contribution in [3.8, 4) is 5.69 Å². The second-order valence-electron chi connectivity index (χ2n) is 5.57. The van der Waals surface area contributed by atoms with Crippen LogP contribution in [0.4, 0.5) is 4.39 Å². The summed E-state index contributed by atoms with van der Waals surface area (Å²) in [5.41, 5.74) is -0.283. The third kappa shape index (κ3) is 3.32. The standard InChI is InChI=1S/C16H14FN3O4/c17-10-3-5-11(6-4-10)20-13(21)8-7-12(19-20)15(22)18-14(16(23)24)9-1-2-9/h3-9,14H,1-2H2,(H,18,22)(H,23,24). The highest BCUT2D eigenvalue weighted by Crippen LogP contribution is 2.32. The minimum atomic E-state index is -1.10. The van der Waals surface area contributed by atoms with Crippen molar-refractivity contribution in [1.29, 1.82) is 0 Å². The van der Waals surface area contributed by atoms with E-state index in [0.717, 1.165) is 23.6 Å². The van der Waals surface area contributed by atoms with Gasteiger partial charge in [-0.2, -0.15) is 9.78 Å². The van der Waals surface area contributed by atoms with Crippen LogP contribution in [0.15, 0.2) is 41.2 Å². The molecule has 1 atom stereocenters. The molecule has 0 saturated heterocycles. The number of aliphatic carboxylic acids is 1. The Morgan fingerprint density at radius 1 is 1.21 bits per heavy atom. The van der Waals surface area contributed by atoms with Gasteiger partial charge in [0.05, 0.1) is 5.69 Å². The van der Waals surface area contributed by atoms with Crippen LogP contribution in [-0.2, 0) is 4.79 Å². The Morgan fingerprint density at radius 3 is 2.46 bits per heavy atom. The van der Waals surface area contributed by atoms with E-state index in [9.17, 15) is 18.8 Å². The summed E-state index contributed by atoms with van der Waals surface area (Å²) in [4.78, 5) is 35.3. The lowest BCUT2D eigenvalue weighted by atomic mass is 10.2. The van der Waals surface area contributed by atoms with Crippen molar-refractivity contribution >= 4 is 11.9 Å². The lowest BCUT2D eigenvalue weighted by Gasteiger charge is -2.13. The van der Waals surface area contributed by atoms with Gasteiger partial charge in [0.2, 0.25) is 0 Å². The Balaban J connectivity index is 1.87. The van der Waals surface area contributed by atoms with E-state index in [1.807, 2.05) is 0 Å². The van der Waals surface area contributed by atoms with Gasteiger partial charge in [-0.1, -0.05) is 0 Å². The molecular formula is C16H14FN3O4. The first kappa shape index (κ1) is 15.9. The first-order chi connectivity index (χ1) is 11.5. The fraction of sp³-hybridized carbons (Fsp3) is 0.250. The molecule has 1 fully saturated rings. The Labute approximate surface area is 135 Å². The summed E-state index contributed by atoms with van der Waals surface area (Å²) in [6, 6.07) is 6.46. The Bertz CT molecular complexity index is 843. The van der Waals surface area contributed by atoms with Gasteiger partial charge in [0, 0.05) is 6.07 Å². The number of rotatable bonds is 5. The lowest BCUT2D eigenvalue weighted by molar-refractivity contribution is -0.139.